The topological polar surface area (TPSA) is 71.5 Å². The lowest BCUT2D eigenvalue weighted by Gasteiger charge is -2.13. The standard InChI is InChI=1S/C17H21N3O3S/c1-11(15-10-24-12(2)19-15)18-17(22)13-6-5-7-14(8-13)23-9-16(21)20(3)4/h5-8,10-11H,9H2,1-4H3,(H,18,22)/t11-/m0/s1. The highest BCUT2D eigenvalue weighted by atomic mass is 32.1. The molecule has 24 heavy (non-hydrogen) atoms. The van der Waals surface area contributed by atoms with Gasteiger partial charge in [-0.15, -0.1) is 11.3 Å². The number of amides is 2. The summed E-state index contributed by atoms with van der Waals surface area (Å²) in [5, 5.41) is 5.81. The fourth-order valence-electron chi connectivity index (χ4n) is 1.93. The van der Waals surface area contributed by atoms with Crippen LogP contribution in [-0.2, 0) is 4.79 Å². The first-order chi connectivity index (χ1) is 11.4. The molecule has 1 aromatic carbocycles. The second-order valence-corrected chi connectivity index (χ2v) is 6.65. The SMILES string of the molecule is Cc1nc([C@H](C)NC(=O)c2cccc(OCC(=O)N(C)C)c2)cs1. The van der Waals surface area contributed by atoms with Crippen LogP contribution in [0, 0.1) is 6.92 Å². The summed E-state index contributed by atoms with van der Waals surface area (Å²) in [7, 11) is 3.33. The highest BCUT2D eigenvalue weighted by molar-refractivity contribution is 7.09. The largest absolute Gasteiger partial charge is 0.484 e. The molecule has 0 aliphatic carbocycles. The third-order valence-corrected chi connectivity index (χ3v) is 4.18. The molecule has 7 heteroatoms. The van der Waals surface area contributed by atoms with Gasteiger partial charge in [0.1, 0.15) is 5.75 Å². The second-order valence-electron chi connectivity index (χ2n) is 5.59. The minimum Gasteiger partial charge on any atom is -0.484 e. The molecule has 0 radical (unpaired) electrons. The Morgan fingerprint density at radius 3 is 2.75 bits per heavy atom. The van der Waals surface area contributed by atoms with Crippen molar-refractivity contribution in [2.75, 3.05) is 20.7 Å². The molecule has 0 spiro atoms. The lowest BCUT2D eigenvalue weighted by atomic mass is 10.1. The first-order valence-corrected chi connectivity index (χ1v) is 8.40. The van der Waals surface area contributed by atoms with Gasteiger partial charge in [-0.25, -0.2) is 4.98 Å². The molecule has 6 nitrogen and oxygen atoms in total. The van der Waals surface area contributed by atoms with Crippen LogP contribution in [0.4, 0.5) is 0 Å². The first-order valence-electron chi connectivity index (χ1n) is 7.52. The molecule has 0 saturated heterocycles. The molecule has 0 unspecified atom stereocenters. The van der Waals surface area contributed by atoms with Crippen molar-refractivity contribution < 1.29 is 14.3 Å². The molecule has 1 atom stereocenters. The summed E-state index contributed by atoms with van der Waals surface area (Å²) in [6.07, 6.45) is 0. The molecule has 0 aliphatic rings. The Kier molecular flexibility index (Phi) is 5.92. The van der Waals surface area contributed by atoms with E-state index < -0.39 is 0 Å². The van der Waals surface area contributed by atoms with Gasteiger partial charge in [0.05, 0.1) is 16.7 Å². The van der Waals surface area contributed by atoms with Crippen LogP contribution in [0.25, 0.3) is 0 Å². The zero-order valence-corrected chi connectivity index (χ0v) is 15.0. The molecule has 1 heterocycles. The van der Waals surface area contributed by atoms with Gasteiger partial charge < -0.3 is 15.0 Å². The summed E-state index contributed by atoms with van der Waals surface area (Å²) in [5.41, 5.74) is 1.32. The maximum Gasteiger partial charge on any atom is 0.259 e. The van der Waals surface area contributed by atoms with Gasteiger partial charge in [-0.1, -0.05) is 6.07 Å². The predicted molar refractivity (Wildman–Crippen MR) is 93.4 cm³/mol. The number of aryl methyl sites for hydroxylation is 1. The normalized spacial score (nSPS) is 11.7. The van der Waals surface area contributed by atoms with Crippen molar-refractivity contribution in [1.29, 1.82) is 0 Å². The van der Waals surface area contributed by atoms with E-state index in [1.165, 1.54) is 4.90 Å². The van der Waals surface area contributed by atoms with Crippen LogP contribution in [0.5, 0.6) is 5.75 Å². The number of benzene rings is 1. The number of likely N-dealkylation sites (N-methyl/N-ethyl adjacent to an activating group) is 1. The van der Waals surface area contributed by atoms with Crippen LogP contribution in [0.3, 0.4) is 0 Å². The van der Waals surface area contributed by atoms with Gasteiger partial charge in [0, 0.05) is 25.0 Å². The lowest BCUT2D eigenvalue weighted by Crippen LogP contribution is -2.28. The van der Waals surface area contributed by atoms with Crippen molar-refractivity contribution in [3.05, 3.63) is 45.9 Å². The van der Waals surface area contributed by atoms with Crippen molar-refractivity contribution in [2.45, 2.75) is 19.9 Å². The van der Waals surface area contributed by atoms with Crippen LogP contribution >= 0.6 is 11.3 Å². The van der Waals surface area contributed by atoms with E-state index in [0.29, 0.717) is 11.3 Å². The van der Waals surface area contributed by atoms with Gasteiger partial charge in [-0.05, 0) is 32.0 Å². The Morgan fingerprint density at radius 1 is 1.38 bits per heavy atom. The van der Waals surface area contributed by atoms with Crippen LogP contribution in [0.1, 0.15) is 34.0 Å². The van der Waals surface area contributed by atoms with E-state index in [2.05, 4.69) is 10.3 Å². The fourth-order valence-corrected chi connectivity index (χ4v) is 2.64. The van der Waals surface area contributed by atoms with Crippen molar-refractivity contribution in [2.24, 2.45) is 0 Å². The smallest absolute Gasteiger partial charge is 0.259 e. The maximum absolute atomic E-state index is 12.4. The molecule has 128 valence electrons. The number of ether oxygens (including phenoxy) is 1. The van der Waals surface area contributed by atoms with Gasteiger partial charge in [0.15, 0.2) is 6.61 Å². The van der Waals surface area contributed by atoms with Gasteiger partial charge >= 0.3 is 0 Å². The molecule has 2 aromatic rings. The summed E-state index contributed by atoms with van der Waals surface area (Å²) < 4.78 is 5.43. The molecule has 2 amide bonds. The summed E-state index contributed by atoms with van der Waals surface area (Å²) in [5.74, 6) is 0.130. The Morgan fingerprint density at radius 2 is 2.12 bits per heavy atom. The predicted octanol–water partition coefficient (Wildman–Crippen LogP) is 2.41. The maximum atomic E-state index is 12.4. The number of hydrogen-bond acceptors (Lipinski definition) is 5. The third-order valence-electron chi connectivity index (χ3n) is 3.39. The van der Waals surface area contributed by atoms with E-state index in [4.69, 9.17) is 4.74 Å². The Bertz CT molecular complexity index is 727. The molecule has 0 bridgehead atoms. The second kappa shape index (κ2) is 7.92. The van der Waals surface area contributed by atoms with Crippen LogP contribution in [0.15, 0.2) is 29.6 Å². The molecule has 0 saturated carbocycles. The minimum atomic E-state index is -0.211. The van der Waals surface area contributed by atoms with Crippen molar-refractivity contribution in [1.82, 2.24) is 15.2 Å². The summed E-state index contributed by atoms with van der Waals surface area (Å²) >= 11 is 1.55. The average Bonchev–Trinajstić information content (AvgIpc) is 2.99. The van der Waals surface area contributed by atoms with E-state index >= 15 is 0 Å². The molecule has 0 fully saturated rings. The van der Waals surface area contributed by atoms with Crippen molar-refractivity contribution in [3.8, 4) is 5.75 Å². The monoisotopic (exact) mass is 347 g/mol. The van der Waals surface area contributed by atoms with Crippen LogP contribution in [0.2, 0.25) is 0 Å². The number of aromatic nitrogens is 1. The van der Waals surface area contributed by atoms with Gasteiger partial charge in [0.2, 0.25) is 0 Å². The van der Waals surface area contributed by atoms with E-state index in [9.17, 15) is 9.59 Å². The number of rotatable bonds is 6. The summed E-state index contributed by atoms with van der Waals surface area (Å²) in [6.45, 7) is 3.76. The molecule has 1 aromatic heterocycles. The summed E-state index contributed by atoms with van der Waals surface area (Å²) in [6, 6.07) is 6.59. The quantitative estimate of drug-likeness (QED) is 0.871. The van der Waals surface area contributed by atoms with Crippen molar-refractivity contribution >= 4 is 23.2 Å². The molecule has 0 aliphatic heterocycles. The van der Waals surface area contributed by atoms with Crippen molar-refractivity contribution in [3.63, 3.8) is 0 Å². The number of hydrogen-bond donors (Lipinski definition) is 1. The zero-order valence-electron chi connectivity index (χ0n) is 14.2. The average molecular weight is 347 g/mol. The van der Waals surface area contributed by atoms with E-state index in [1.807, 2.05) is 19.2 Å². The molecule has 1 N–H and O–H groups in total. The Balaban J connectivity index is 1.99. The molecular weight excluding hydrogens is 326 g/mol. The Hall–Kier alpha value is -2.41. The number of carbonyl (C=O) groups is 2. The number of carbonyl (C=O) groups excluding carboxylic acids is 2. The highest BCUT2D eigenvalue weighted by Gasteiger charge is 2.14. The number of nitrogens with one attached hydrogen (secondary N) is 1. The molecule has 2 rings (SSSR count). The minimum absolute atomic E-state index is 0.0629. The van der Waals surface area contributed by atoms with Crippen LogP contribution in [-0.4, -0.2) is 42.4 Å². The number of nitrogens with zero attached hydrogens (tertiary/aromatic N) is 2. The third kappa shape index (κ3) is 4.79. The van der Waals surface area contributed by atoms with Gasteiger partial charge in [0.25, 0.3) is 11.8 Å². The first kappa shape index (κ1) is 17.9. The van der Waals surface area contributed by atoms with E-state index in [-0.39, 0.29) is 24.5 Å². The van der Waals surface area contributed by atoms with Gasteiger partial charge in [-0.2, -0.15) is 0 Å². The number of thiazole rings is 1. The Labute approximate surface area is 145 Å². The van der Waals surface area contributed by atoms with E-state index in [0.717, 1.165) is 10.7 Å². The van der Waals surface area contributed by atoms with Crippen LogP contribution < -0.4 is 10.1 Å². The summed E-state index contributed by atoms with van der Waals surface area (Å²) in [4.78, 5) is 29.8. The highest BCUT2D eigenvalue weighted by Crippen LogP contribution is 2.18. The molecular formula is C17H21N3O3S. The fraction of sp³-hybridized carbons (Fsp3) is 0.353. The van der Waals surface area contributed by atoms with Gasteiger partial charge in [-0.3, -0.25) is 9.59 Å². The van der Waals surface area contributed by atoms with E-state index in [1.54, 1.807) is 49.7 Å². The zero-order chi connectivity index (χ0) is 17.7. The lowest BCUT2D eigenvalue weighted by molar-refractivity contribution is -0.130.